The molecular formula is C12H23F3N2. The monoisotopic (exact) mass is 252 g/mol. The second kappa shape index (κ2) is 7.21. The van der Waals surface area contributed by atoms with Crippen LogP contribution in [0, 0.1) is 5.92 Å². The van der Waals surface area contributed by atoms with E-state index in [4.69, 9.17) is 0 Å². The van der Waals surface area contributed by atoms with E-state index in [1.54, 1.807) is 0 Å². The quantitative estimate of drug-likeness (QED) is 0.731. The fraction of sp³-hybridized carbons (Fsp3) is 1.00. The van der Waals surface area contributed by atoms with Gasteiger partial charge in [0.05, 0.1) is 6.54 Å². The van der Waals surface area contributed by atoms with Gasteiger partial charge in [-0.05, 0) is 32.4 Å². The molecule has 0 amide bonds. The lowest BCUT2D eigenvalue weighted by molar-refractivity contribution is -0.142. The molecule has 0 atom stereocenters. The summed E-state index contributed by atoms with van der Waals surface area (Å²) in [7, 11) is 1.51. The first kappa shape index (κ1) is 14.8. The van der Waals surface area contributed by atoms with Crippen molar-refractivity contribution in [3.63, 3.8) is 0 Å². The third-order valence-electron chi connectivity index (χ3n) is 3.28. The van der Waals surface area contributed by atoms with Gasteiger partial charge in [-0.25, -0.2) is 0 Å². The van der Waals surface area contributed by atoms with Gasteiger partial charge < -0.3 is 5.32 Å². The zero-order chi connectivity index (χ0) is 12.7. The van der Waals surface area contributed by atoms with Crippen LogP contribution < -0.4 is 5.32 Å². The van der Waals surface area contributed by atoms with Gasteiger partial charge in [0.25, 0.3) is 0 Å². The summed E-state index contributed by atoms with van der Waals surface area (Å²) in [5, 5.41) is 3.26. The minimum atomic E-state index is -4.09. The normalized spacial score (nSPS) is 18.9. The smallest absolute Gasteiger partial charge is 0.315 e. The molecule has 0 radical (unpaired) electrons. The van der Waals surface area contributed by atoms with Crippen LogP contribution in [0.2, 0.25) is 0 Å². The van der Waals surface area contributed by atoms with Gasteiger partial charge in [0, 0.05) is 13.1 Å². The summed E-state index contributed by atoms with van der Waals surface area (Å²) in [5.74, 6) is 0.733. The van der Waals surface area contributed by atoms with Gasteiger partial charge in [-0.2, -0.15) is 13.2 Å². The average molecular weight is 252 g/mol. The Morgan fingerprint density at radius 2 is 1.82 bits per heavy atom. The van der Waals surface area contributed by atoms with E-state index in [9.17, 15) is 13.2 Å². The Morgan fingerprint density at radius 1 is 1.18 bits per heavy atom. The van der Waals surface area contributed by atoms with Crippen molar-refractivity contribution in [1.82, 2.24) is 10.2 Å². The Labute approximate surface area is 102 Å². The van der Waals surface area contributed by atoms with Gasteiger partial charge in [0.15, 0.2) is 0 Å². The first-order valence-corrected chi connectivity index (χ1v) is 6.43. The van der Waals surface area contributed by atoms with Crippen molar-refractivity contribution in [1.29, 1.82) is 0 Å². The standard InChI is InChI=1S/C12H23F3N2/c1-17(10-12(13,14)15)8-7-16-9-11-5-3-2-4-6-11/h11,16H,2-10H2,1H3. The summed E-state index contributed by atoms with van der Waals surface area (Å²) in [4.78, 5) is 1.31. The summed E-state index contributed by atoms with van der Waals surface area (Å²) >= 11 is 0. The third-order valence-corrected chi connectivity index (χ3v) is 3.28. The Kier molecular flexibility index (Phi) is 6.27. The zero-order valence-corrected chi connectivity index (χ0v) is 10.5. The van der Waals surface area contributed by atoms with Crippen LogP contribution in [0.5, 0.6) is 0 Å². The largest absolute Gasteiger partial charge is 0.401 e. The van der Waals surface area contributed by atoms with Crippen molar-refractivity contribution in [2.45, 2.75) is 38.3 Å². The molecule has 2 nitrogen and oxygen atoms in total. The number of nitrogens with zero attached hydrogens (tertiary/aromatic N) is 1. The molecular weight excluding hydrogens is 229 g/mol. The molecule has 0 aromatic rings. The Bertz CT molecular complexity index is 200. The molecule has 0 heterocycles. The predicted molar refractivity (Wildman–Crippen MR) is 63.0 cm³/mol. The molecule has 0 aromatic carbocycles. The summed E-state index contributed by atoms with van der Waals surface area (Å²) in [6.07, 6.45) is 2.40. The predicted octanol–water partition coefficient (Wildman–Crippen LogP) is 2.65. The van der Waals surface area contributed by atoms with Crippen molar-refractivity contribution >= 4 is 0 Å². The molecule has 0 unspecified atom stereocenters. The van der Waals surface area contributed by atoms with E-state index in [1.807, 2.05) is 0 Å². The highest BCUT2D eigenvalue weighted by atomic mass is 19.4. The maximum absolute atomic E-state index is 12.0. The van der Waals surface area contributed by atoms with Crippen LogP contribution in [-0.4, -0.2) is 44.3 Å². The number of likely N-dealkylation sites (N-methyl/N-ethyl adjacent to an activating group) is 1. The summed E-state index contributed by atoms with van der Waals surface area (Å²) in [6, 6.07) is 0. The SMILES string of the molecule is CN(CCNCC1CCCCC1)CC(F)(F)F. The van der Waals surface area contributed by atoms with Crippen LogP contribution in [0.25, 0.3) is 0 Å². The summed E-state index contributed by atoms with van der Waals surface area (Å²) in [5.41, 5.74) is 0. The molecule has 0 bridgehead atoms. The summed E-state index contributed by atoms with van der Waals surface area (Å²) < 4.78 is 36.1. The van der Waals surface area contributed by atoms with Crippen molar-refractivity contribution in [2.75, 3.05) is 33.2 Å². The van der Waals surface area contributed by atoms with E-state index in [-0.39, 0.29) is 0 Å². The van der Waals surface area contributed by atoms with Gasteiger partial charge in [0.2, 0.25) is 0 Å². The van der Waals surface area contributed by atoms with Crippen LogP contribution in [0.4, 0.5) is 13.2 Å². The number of hydrogen-bond donors (Lipinski definition) is 1. The average Bonchev–Trinajstić information content (AvgIpc) is 2.23. The Hall–Kier alpha value is -0.290. The number of hydrogen-bond acceptors (Lipinski definition) is 2. The van der Waals surface area contributed by atoms with E-state index in [1.165, 1.54) is 44.1 Å². The van der Waals surface area contributed by atoms with Crippen molar-refractivity contribution in [3.8, 4) is 0 Å². The van der Waals surface area contributed by atoms with Crippen LogP contribution >= 0.6 is 0 Å². The first-order valence-electron chi connectivity index (χ1n) is 6.43. The number of halogens is 3. The zero-order valence-electron chi connectivity index (χ0n) is 10.5. The second-order valence-electron chi connectivity index (χ2n) is 5.06. The van der Waals surface area contributed by atoms with E-state index in [2.05, 4.69) is 5.32 Å². The van der Waals surface area contributed by atoms with Gasteiger partial charge >= 0.3 is 6.18 Å². The highest BCUT2D eigenvalue weighted by Crippen LogP contribution is 2.22. The molecule has 1 N–H and O–H groups in total. The van der Waals surface area contributed by atoms with E-state index in [0.717, 1.165) is 12.5 Å². The topological polar surface area (TPSA) is 15.3 Å². The lowest BCUT2D eigenvalue weighted by Gasteiger charge is -2.23. The highest BCUT2D eigenvalue weighted by molar-refractivity contribution is 4.68. The molecule has 0 aromatic heterocycles. The molecule has 0 aliphatic heterocycles. The van der Waals surface area contributed by atoms with Crippen LogP contribution in [0.3, 0.4) is 0 Å². The molecule has 17 heavy (non-hydrogen) atoms. The Balaban J connectivity index is 1.99. The lowest BCUT2D eigenvalue weighted by Crippen LogP contribution is -2.37. The molecule has 1 rings (SSSR count). The fourth-order valence-corrected chi connectivity index (χ4v) is 2.35. The van der Waals surface area contributed by atoms with E-state index < -0.39 is 12.7 Å². The maximum Gasteiger partial charge on any atom is 0.401 e. The van der Waals surface area contributed by atoms with Gasteiger partial charge in [-0.15, -0.1) is 0 Å². The van der Waals surface area contributed by atoms with Crippen molar-refractivity contribution in [3.05, 3.63) is 0 Å². The molecule has 102 valence electrons. The van der Waals surface area contributed by atoms with Crippen LogP contribution in [0.15, 0.2) is 0 Å². The molecule has 1 aliphatic rings. The van der Waals surface area contributed by atoms with Gasteiger partial charge in [-0.1, -0.05) is 19.3 Å². The molecule has 1 saturated carbocycles. The molecule has 0 spiro atoms. The molecule has 5 heteroatoms. The van der Waals surface area contributed by atoms with Gasteiger partial charge in [0.1, 0.15) is 0 Å². The maximum atomic E-state index is 12.0. The van der Waals surface area contributed by atoms with E-state index in [0.29, 0.717) is 13.1 Å². The Morgan fingerprint density at radius 3 is 2.41 bits per heavy atom. The minimum Gasteiger partial charge on any atom is -0.315 e. The minimum absolute atomic E-state index is 0.451. The van der Waals surface area contributed by atoms with Crippen LogP contribution in [-0.2, 0) is 0 Å². The summed E-state index contributed by atoms with van der Waals surface area (Å²) in [6.45, 7) is 1.23. The highest BCUT2D eigenvalue weighted by Gasteiger charge is 2.28. The van der Waals surface area contributed by atoms with Crippen LogP contribution in [0.1, 0.15) is 32.1 Å². The molecule has 1 aliphatic carbocycles. The first-order chi connectivity index (χ1) is 7.97. The van der Waals surface area contributed by atoms with Crippen molar-refractivity contribution in [2.24, 2.45) is 5.92 Å². The fourth-order valence-electron chi connectivity index (χ4n) is 2.35. The van der Waals surface area contributed by atoms with Crippen molar-refractivity contribution < 1.29 is 13.2 Å². The third kappa shape index (κ3) is 7.60. The number of nitrogens with one attached hydrogen (secondary N) is 1. The van der Waals surface area contributed by atoms with E-state index >= 15 is 0 Å². The molecule has 0 saturated heterocycles. The molecule has 1 fully saturated rings. The number of alkyl halides is 3. The lowest BCUT2D eigenvalue weighted by atomic mass is 9.89. The number of rotatable bonds is 6. The van der Waals surface area contributed by atoms with Gasteiger partial charge in [-0.3, -0.25) is 4.90 Å². The second-order valence-corrected chi connectivity index (χ2v) is 5.06.